The summed E-state index contributed by atoms with van der Waals surface area (Å²) in [5, 5.41) is 1.49. The summed E-state index contributed by atoms with van der Waals surface area (Å²) in [5.74, 6) is 1.62. The Kier molecular flexibility index (Phi) is 5.04. The number of halogens is 2. The summed E-state index contributed by atoms with van der Waals surface area (Å²) < 4.78 is 0. The third-order valence-electron chi connectivity index (χ3n) is 3.33. The van der Waals surface area contributed by atoms with Crippen LogP contribution >= 0.6 is 35.0 Å². The van der Waals surface area contributed by atoms with Crippen LogP contribution in [0.4, 0.5) is 0 Å². The van der Waals surface area contributed by atoms with Gasteiger partial charge in [0.15, 0.2) is 0 Å². The lowest BCUT2D eigenvalue weighted by molar-refractivity contribution is 0.463. The molecule has 1 aliphatic rings. The lowest BCUT2D eigenvalue weighted by Gasteiger charge is -2.18. The highest BCUT2D eigenvalue weighted by Gasteiger charge is 2.22. The molecule has 1 atom stereocenters. The lowest BCUT2D eigenvalue weighted by Crippen LogP contribution is -2.30. The molecule has 17 heavy (non-hydrogen) atoms. The molecule has 1 fully saturated rings. The minimum absolute atomic E-state index is 0.276. The molecule has 1 unspecified atom stereocenters. The van der Waals surface area contributed by atoms with E-state index in [4.69, 9.17) is 28.9 Å². The van der Waals surface area contributed by atoms with E-state index in [1.165, 1.54) is 25.7 Å². The zero-order valence-corrected chi connectivity index (χ0v) is 12.0. The minimum Gasteiger partial charge on any atom is -0.327 e. The van der Waals surface area contributed by atoms with Crippen molar-refractivity contribution < 1.29 is 0 Å². The maximum Gasteiger partial charge on any atom is 0.0542 e. The first-order valence-electron chi connectivity index (χ1n) is 6.00. The fourth-order valence-electron chi connectivity index (χ4n) is 2.30. The van der Waals surface area contributed by atoms with Gasteiger partial charge in [0.1, 0.15) is 0 Å². The molecule has 1 aromatic carbocycles. The molecule has 0 bridgehead atoms. The Morgan fingerprint density at radius 2 is 2.00 bits per heavy atom. The molecule has 0 amide bonds. The number of hydrogen-bond acceptors (Lipinski definition) is 2. The molecule has 1 saturated carbocycles. The zero-order valence-electron chi connectivity index (χ0n) is 9.66. The summed E-state index contributed by atoms with van der Waals surface area (Å²) in [4.78, 5) is 1.03. The quantitative estimate of drug-likeness (QED) is 0.820. The fourth-order valence-corrected chi connectivity index (χ4v) is 3.87. The van der Waals surface area contributed by atoms with E-state index in [2.05, 4.69) is 0 Å². The zero-order chi connectivity index (χ0) is 12.3. The number of rotatable bonds is 4. The molecule has 94 valence electrons. The Labute approximate surface area is 117 Å². The van der Waals surface area contributed by atoms with E-state index >= 15 is 0 Å². The first kappa shape index (κ1) is 13.5. The van der Waals surface area contributed by atoms with Gasteiger partial charge in [-0.15, -0.1) is 11.8 Å². The highest BCUT2D eigenvalue weighted by Crippen LogP contribution is 2.33. The number of hydrogen-bond donors (Lipinski definition) is 1. The van der Waals surface area contributed by atoms with Crippen molar-refractivity contribution in [2.75, 3.05) is 5.75 Å². The van der Waals surface area contributed by atoms with Crippen molar-refractivity contribution in [2.45, 2.75) is 36.6 Å². The standard InChI is InChI=1S/C13H17Cl2NS/c14-10-5-6-11(15)13(7-10)17-8-12(16)9-3-1-2-4-9/h5-7,9,12H,1-4,8,16H2. The largest absolute Gasteiger partial charge is 0.327 e. The smallest absolute Gasteiger partial charge is 0.0542 e. The second-order valence-corrected chi connectivity index (χ2v) is 6.50. The van der Waals surface area contributed by atoms with Crippen molar-refractivity contribution >= 4 is 35.0 Å². The predicted octanol–water partition coefficient (Wildman–Crippen LogP) is 4.60. The van der Waals surface area contributed by atoms with Crippen LogP contribution in [0.2, 0.25) is 10.0 Å². The van der Waals surface area contributed by atoms with Gasteiger partial charge >= 0.3 is 0 Å². The molecule has 0 aromatic heterocycles. The molecule has 2 N–H and O–H groups in total. The Morgan fingerprint density at radius 3 is 2.71 bits per heavy atom. The van der Waals surface area contributed by atoms with E-state index in [0.29, 0.717) is 5.92 Å². The van der Waals surface area contributed by atoms with Gasteiger partial charge in [-0.05, 0) is 37.0 Å². The van der Waals surface area contributed by atoms with Crippen LogP contribution in [0.25, 0.3) is 0 Å². The van der Waals surface area contributed by atoms with Crippen LogP contribution < -0.4 is 5.73 Å². The molecule has 1 nitrogen and oxygen atoms in total. The summed E-state index contributed by atoms with van der Waals surface area (Å²) in [6, 6.07) is 5.84. The Morgan fingerprint density at radius 1 is 1.29 bits per heavy atom. The maximum atomic E-state index is 6.22. The van der Waals surface area contributed by atoms with Gasteiger partial charge in [-0.3, -0.25) is 0 Å². The van der Waals surface area contributed by atoms with Gasteiger partial charge in [0.25, 0.3) is 0 Å². The normalized spacial score (nSPS) is 18.5. The van der Waals surface area contributed by atoms with E-state index in [1.54, 1.807) is 11.8 Å². The summed E-state index contributed by atoms with van der Waals surface area (Å²) in [7, 11) is 0. The summed E-state index contributed by atoms with van der Waals surface area (Å²) >= 11 is 13.8. The fraction of sp³-hybridized carbons (Fsp3) is 0.538. The van der Waals surface area contributed by atoms with Crippen molar-refractivity contribution in [3.8, 4) is 0 Å². The second-order valence-electron chi connectivity index (χ2n) is 4.59. The van der Waals surface area contributed by atoms with Crippen LogP contribution in [0.1, 0.15) is 25.7 Å². The van der Waals surface area contributed by atoms with Crippen molar-refractivity contribution in [3.05, 3.63) is 28.2 Å². The van der Waals surface area contributed by atoms with Crippen molar-refractivity contribution in [1.29, 1.82) is 0 Å². The molecule has 4 heteroatoms. The first-order chi connectivity index (χ1) is 8.16. The minimum atomic E-state index is 0.276. The summed E-state index contributed by atoms with van der Waals surface area (Å²) in [6.07, 6.45) is 5.23. The van der Waals surface area contributed by atoms with Gasteiger partial charge in [-0.2, -0.15) is 0 Å². The molecular formula is C13H17Cl2NS. The van der Waals surface area contributed by atoms with Crippen LogP contribution in [0.5, 0.6) is 0 Å². The van der Waals surface area contributed by atoms with Crippen LogP contribution in [-0.4, -0.2) is 11.8 Å². The predicted molar refractivity (Wildman–Crippen MR) is 77.1 cm³/mol. The SMILES string of the molecule is NC(CSc1cc(Cl)ccc1Cl)C1CCCC1. The summed E-state index contributed by atoms with van der Waals surface area (Å²) in [6.45, 7) is 0. The lowest BCUT2D eigenvalue weighted by atomic mass is 10.0. The third kappa shape index (κ3) is 3.78. The van der Waals surface area contributed by atoms with E-state index < -0.39 is 0 Å². The van der Waals surface area contributed by atoms with Gasteiger partial charge in [-0.25, -0.2) is 0 Å². The van der Waals surface area contributed by atoms with Crippen LogP contribution in [0, 0.1) is 5.92 Å². The molecule has 0 spiro atoms. The molecule has 1 aliphatic carbocycles. The molecule has 1 aromatic rings. The van der Waals surface area contributed by atoms with Crippen molar-refractivity contribution in [2.24, 2.45) is 11.7 Å². The Balaban J connectivity index is 1.90. The molecule has 0 radical (unpaired) electrons. The van der Waals surface area contributed by atoms with Gasteiger partial charge in [0, 0.05) is 21.7 Å². The summed E-state index contributed by atoms with van der Waals surface area (Å²) in [5.41, 5.74) is 6.22. The molecule has 0 aliphatic heterocycles. The van der Waals surface area contributed by atoms with Gasteiger partial charge in [0.05, 0.1) is 5.02 Å². The molecule has 0 heterocycles. The third-order valence-corrected chi connectivity index (χ3v) is 5.21. The maximum absolute atomic E-state index is 6.22. The highest BCUT2D eigenvalue weighted by molar-refractivity contribution is 7.99. The van der Waals surface area contributed by atoms with E-state index in [-0.39, 0.29) is 6.04 Å². The van der Waals surface area contributed by atoms with Crippen LogP contribution in [0.15, 0.2) is 23.1 Å². The monoisotopic (exact) mass is 289 g/mol. The molecular weight excluding hydrogens is 273 g/mol. The molecule has 2 rings (SSSR count). The van der Waals surface area contributed by atoms with Gasteiger partial charge < -0.3 is 5.73 Å². The van der Waals surface area contributed by atoms with E-state index in [1.807, 2.05) is 18.2 Å². The number of thioether (sulfide) groups is 1. The Hall–Kier alpha value is 0.110. The average molecular weight is 290 g/mol. The number of nitrogens with two attached hydrogens (primary N) is 1. The second kappa shape index (κ2) is 6.33. The first-order valence-corrected chi connectivity index (χ1v) is 7.74. The average Bonchev–Trinajstić information content (AvgIpc) is 2.83. The van der Waals surface area contributed by atoms with E-state index in [0.717, 1.165) is 20.7 Å². The van der Waals surface area contributed by atoms with Crippen molar-refractivity contribution in [3.63, 3.8) is 0 Å². The molecule has 0 saturated heterocycles. The van der Waals surface area contributed by atoms with Gasteiger partial charge in [0.2, 0.25) is 0 Å². The van der Waals surface area contributed by atoms with Crippen LogP contribution in [-0.2, 0) is 0 Å². The van der Waals surface area contributed by atoms with Gasteiger partial charge in [-0.1, -0.05) is 36.0 Å². The Bertz CT molecular complexity index is 378. The van der Waals surface area contributed by atoms with Crippen molar-refractivity contribution in [1.82, 2.24) is 0 Å². The van der Waals surface area contributed by atoms with E-state index in [9.17, 15) is 0 Å². The van der Waals surface area contributed by atoms with Crippen LogP contribution in [0.3, 0.4) is 0 Å². The topological polar surface area (TPSA) is 26.0 Å². The number of benzene rings is 1. The highest BCUT2D eigenvalue weighted by atomic mass is 35.5.